The number of hydrogen-bond donors (Lipinski definition) is 0. The van der Waals surface area contributed by atoms with Crippen LogP contribution in [0.25, 0.3) is 0 Å². The predicted molar refractivity (Wildman–Crippen MR) is 88.4 cm³/mol. The molecule has 0 bridgehead atoms. The van der Waals surface area contributed by atoms with E-state index in [1.165, 1.54) is 48.9 Å². The molecular weight excluding hydrogens is 348 g/mol. The van der Waals surface area contributed by atoms with E-state index in [0.29, 0.717) is 17.5 Å². The summed E-state index contributed by atoms with van der Waals surface area (Å²) in [5, 5.41) is 9.40. The lowest BCUT2D eigenvalue weighted by molar-refractivity contribution is -0.0498. The molecule has 1 heterocycles. The number of halogens is 2. The van der Waals surface area contributed by atoms with E-state index in [2.05, 4.69) is 19.5 Å². The topological polar surface area (TPSA) is 57.0 Å². The first kappa shape index (κ1) is 16.5. The quantitative estimate of drug-likeness (QED) is 0.521. The van der Waals surface area contributed by atoms with Gasteiger partial charge in [0.25, 0.3) is 0 Å². The maximum Gasteiger partial charge on any atom is 0.387 e. The van der Waals surface area contributed by atoms with E-state index < -0.39 is 6.61 Å². The summed E-state index contributed by atoms with van der Waals surface area (Å²) in [4.78, 5) is 12.3. The Hall–Kier alpha value is -1.96. The molecule has 132 valence electrons. The first-order chi connectivity index (χ1) is 12.1. The number of thioether (sulfide) groups is 1. The van der Waals surface area contributed by atoms with Crippen molar-refractivity contribution in [2.24, 2.45) is 0 Å². The molecule has 2 fully saturated rings. The van der Waals surface area contributed by atoms with Gasteiger partial charge in [-0.15, -0.1) is 10.2 Å². The molecule has 0 amide bonds. The van der Waals surface area contributed by atoms with Crippen LogP contribution in [0.5, 0.6) is 5.75 Å². The molecule has 2 aliphatic rings. The highest BCUT2D eigenvalue weighted by Gasteiger charge is 2.36. The SMILES string of the molecule is O=C(CSc1nnc(C2CC2)n1C1CC1)c1ccc(OC(F)F)cc1. The number of carbonyl (C=O) groups excluding carboxylic acids is 1. The Bertz CT molecular complexity index is 771. The maximum atomic E-state index is 12.3. The molecule has 25 heavy (non-hydrogen) atoms. The number of aromatic nitrogens is 3. The number of carbonyl (C=O) groups is 1. The van der Waals surface area contributed by atoms with Gasteiger partial charge in [-0.25, -0.2) is 0 Å². The molecule has 0 unspecified atom stereocenters. The number of hydrogen-bond acceptors (Lipinski definition) is 5. The van der Waals surface area contributed by atoms with Crippen molar-refractivity contribution in [2.45, 2.75) is 49.4 Å². The van der Waals surface area contributed by atoms with Crippen LogP contribution in [0.2, 0.25) is 0 Å². The Morgan fingerprint density at radius 3 is 2.52 bits per heavy atom. The summed E-state index contributed by atoms with van der Waals surface area (Å²) < 4.78 is 30.8. The van der Waals surface area contributed by atoms with Crippen LogP contribution in [0.4, 0.5) is 8.78 Å². The number of Topliss-reactive ketones (excluding diaryl/α,β-unsaturated/α-hetero) is 1. The Morgan fingerprint density at radius 1 is 1.20 bits per heavy atom. The van der Waals surface area contributed by atoms with Gasteiger partial charge in [-0.1, -0.05) is 11.8 Å². The first-order valence-electron chi connectivity index (χ1n) is 8.27. The van der Waals surface area contributed by atoms with E-state index in [9.17, 15) is 13.6 Å². The van der Waals surface area contributed by atoms with E-state index in [4.69, 9.17) is 0 Å². The van der Waals surface area contributed by atoms with Crippen molar-refractivity contribution in [3.8, 4) is 5.75 Å². The zero-order chi connectivity index (χ0) is 17.4. The molecule has 0 aliphatic heterocycles. The molecule has 0 atom stereocenters. The summed E-state index contributed by atoms with van der Waals surface area (Å²) in [6, 6.07) is 6.24. The average molecular weight is 365 g/mol. The van der Waals surface area contributed by atoms with Gasteiger partial charge in [-0.05, 0) is 49.9 Å². The van der Waals surface area contributed by atoms with Gasteiger partial charge in [0.15, 0.2) is 10.9 Å². The molecule has 0 radical (unpaired) electrons. The van der Waals surface area contributed by atoms with Crippen LogP contribution in [-0.4, -0.2) is 32.9 Å². The van der Waals surface area contributed by atoms with Gasteiger partial charge in [0.05, 0.1) is 5.75 Å². The highest BCUT2D eigenvalue weighted by molar-refractivity contribution is 7.99. The third-order valence-corrected chi connectivity index (χ3v) is 5.22. The van der Waals surface area contributed by atoms with Crippen molar-refractivity contribution < 1.29 is 18.3 Å². The molecule has 2 aromatic rings. The van der Waals surface area contributed by atoms with Crippen LogP contribution in [0.3, 0.4) is 0 Å². The summed E-state index contributed by atoms with van der Waals surface area (Å²) in [6.07, 6.45) is 4.62. The molecule has 4 rings (SSSR count). The molecule has 0 spiro atoms. The van der Waals surface area contributed by atoms with E-state index in [1.807, 2.05) is 0 Å². The summed E-state index contributed by atoms with van der Waals surface area (Å²) in [5.41, 5.74) is 0.467. The number of nitrogens with zero attached hydrogens (tertiary/aromatic N) is 3. The molecular formula is C17H17F2N3O2S. The van der Waals surface area contributed by atoms with Gasteiger partial charge in [-0.2, -0.15) is 8.78 Å². The van der Waals surface area contributed by atoms with Gasteiger partial charge in [0.1, 0.15) is 11.6 Å². The Labute approximate surface area is 147 Å². The van der Waals surface area contributed by atoms with Gasteiger partial charge in [-0.3, -0.25) is 4.79 Å². The zero-order valence-corrected chi connectivity index (χ0v) is 14.2. The molecule has 0 N–H and O–H groups in total. The second-order valence-corrected chi connectivity index (χ2v) is 7.27. The lowest BCUT2D eigenvalue weighted by Crippen LogP contribution is -2.06. The zero-order valence-electron chi connectivity index (χ0n) is 13.4. The van der Waals surface area contributed by atoms with Crippen molar-refractivity contribution >= 4 is 17.5 Å². The average Bonchev–Trinajstić information content (AvgIpc) is 3.51. The second-order valence-electron chi connectivity index (χ2n) is 6.33. The Morgan fingerprint density at radius 2 is 1.92 bits per heavy atom. The number of benzene rings is 1. The minimum absolute atomic E-state index is 0.0433. The van der Waals surface area contributed by atoms with Crippen LogP contribution in [0.1, 0.15) is 53.8 Å². The molecule has 1 aromatic heterocycles. The Balaban J connectivity index is 1.40. The standard InChI is InChI=1S/C17H17F2N3O2S/c18-16(19)24-13-7-3-10(4-8-13)14(23)9-25-17-21-20-15(11-1-2-11)22(17)12-5-6-12/h3-4,7-8,11-12,16H,1-2,5-6,9H2. The van der Waals surface area contributed by atoms with Gasteiger partial charge in [0.2, 0.25) is 0 Å². The van der Waals surface area contributed by atoms with Gasteiger partial charge in [0, 0.05) is 17.5 Å². The highest BCUT2D eigenvalue weighted by Crippen LogP contribution is 2.46. The van der Waals surface area contributed by atoms with Crippen molar-refractivity contribution in [2.75, 3.05) is 5.75 Å². The summed E-state index contributed by atoms with van der Waals surface area (Å²) in [5.74, 6) is 1.80. The molecule has 5 nitrogen and oxygen atoms in total. The van der Waals surface area contributed by atoms with E-state index in [1.54, 1.807) is 0 Å². The van der Waals surface area contributed by atoms with E-state index >= 15 is 0 Å². The van der Waals surface area contributed by atoms with Crippen LogP contribution < -0.4 is 4.74 Å². The van der Waals surface area contributed by atoms with Crippen molar-refractivity contribution in [3.63, 3.8) is 0 Å². The number of ether oxygens (including phenoxy) is 1. The van der Waals surface area contributed by atoms with E-state index in [-0.39, 0.29) is 17.3 Å². The van der Waals surface area contributed by atoms with Crippen LogP contribution in [0, 0.1) is 0 Å². The number of ketones is 1. The number of alkyl halides is 2. The van der Waals surface area contributed by atoms with Gasteiger partial charge >= 0.3 is 6.61 Å². The molecule has 2 aliphatic carbocycles. The van der Waals surface area contributed by atoms with E-state index in [0.717, 1.165) is 23.8 Å². The maximum absolute atomic E-state index is 12.3. The van der Waals surface area contributed by atoms with Gasteiger partial charge < -0.3 is 9.30 Å². The molecule has 0 saturated heterocycles. The monoisotopic (exact) mass is 365 g/mol. The third kappa shape index (κ3) is 3.84. The molecule has 2 saturated carbocycles. The lowest BCUT2D eigenvalue weighted by atomic mass is 10.1. The predicted octanol–water partition coefficient (Wildman–Crippen LogP) is 4.07. The summed E-state index contributed by atoms with van der Waals surface area (Å²) in [6.45, 7) is -2.87. The second kappa shape index (κ2) is 6.74. The fourth-order valence-corrected chi connectivity index (χ4v) is 3.63. The fraction of sp³-hybridized carbons (Fsp3) is 0.471. The minimum Gasteiger partial charge on any atom is -0.435 e. The van der Waals surface area contributed by atoms with Crippen LogP contribution >= 0.6 is 11.8 Å². The largest absolute Gasteiger partial charge is 0.435 e. The van der Waals surface area contributed by atoms with Crippen molar-refractivity contribution in [1.29, 1.82) is 0 Å². The smallest absolute Gasteiger partial charge is 0.387 e. The summed E-state index contributed by atoms with van der Waals surface area (Å²) in [7, 11) is 0. The summed E-state index contributed by atoms with van der Waals surface area (Å²) >= 11 is 1.39. The van der Waals surface area contributed by atoms with Crippen LogP contribution in [0.15, 0.2) is 29.4 Å². The normalized spacial score (nSPS) is 17.1. The number of rotatable bonds is 8. The van der Waals surface area contributed by atoms with Crippen LogP contribution in [-0.2, 0) is 0 Å². The van der Waals surface area contributed by atoms with Crippen molar-refractivity contribution in [3.05, 3.63) is 35.7 Å². The van der Waals surface area contributed by atoms with Crippen molar-refractivity contribution in [1.82, 2.24) is 14.8 Å². The Kier molecular flexibility index (Phi) is 4.45. The lowest BCUT2D eigenvalue weighted by Gasteiger charge is -2.08. The minimum atomic E-state index is -2.87. The highest BCUT2D eigenvalue weighted by atomic mass is 32.2. The third-order valence-electron chi connectivity index (χ3n) is 4.28. The molecule has 8 heteroatoms. The molecule has 1 aromatic carbocycles. The fourth-order valence-electron chi connectivity index (χ4n) is 2.72. The first-order valence-corrected chi connectivity index (χ1v) is 9.26.